The monoisotopic (exact) mass is 157 g/mol. The molecule has 1 rings (SSSR count). The first-order valence-corrected chi connectivity index (χ1v) is 2.44. The van der Waals surface area contributed by atoms with Gasteiger partial charge >= 0.3 is 6.09 Å². The van der Waals surface area contributed by atoms with Crippen LogP contribution in [0.1, 0.15) is 10.6 Å². The van der Waals surface area contributed by atoms with Crippen LogP contribution in [0.4, 0.5) is 4.79 Å². The average molecular weight is 157 g/mol. The zero-order chi connectivity index (χ0) is 8.43. The van der Waals surface area contributed by atoms with Gasteiger partial charge in [0.15, 0.2) is 0 Å². The number of primary amides is 1. The molecule has 1 amide bonds. The van der Waals surface area contributed by atoms with Gasteiger partial charge in [0.1, 0.15) is 0 Å². The molecule has 0 saturated heterocycles. The lowest BCUT2D eigenvalue weighted by Gasteiger charge is -1.82. The minimum atomic E-state index is -1.43. The van der Waals surface area contributed by atoms with E-state index in [1.165, 1.54) is 0 Å². The molecule has 58 valence electrons. The lowest BCUT2D eigenvalue weighted by atomic mass is 10.6. The van der Waals surface area contributed by atoms with Crippen molar-refractivity contribution in [3.05, 3.63) is 5.82 Å². The third kappa shape index (κ3) is 1.28. The van der Waals surface area contributed by atoms with Crippen LogP contribution in [0.2, 0.25) is 0 Å². The third-order valence-corrected chi connectivity index (χ3v) is 0.805. The number of nitrogens with zero attached hydrogens (tertiary/aromatic N) is 4. The number of carbonyl (C=O) groups is 2. The smallest absolute Gasteiger partial charge is 0.451 e. The summed E-state index contributed by atoms with van der Waals surface area (Å²) in [6.07, 6.45) is -1.43. The van der Waals surface area contributed by atoms with E-state index in [2.05, 4.69) is 15.4 Å². The average Bonchev–Trinajstić information content (AvgIpc) is 2.33. The zero-order valence-corrected chi connectivity index (χ0v) is 5.13. The van der Waals surface area contributed by atoms with E-state index < -0.39 is 17.8 Å². The Morgan fingerprint density at radius 2 is 2.18 bits per heavy atom. The molecule has 3 N–H and O–H groups in total. The molecule has 0 aliphatic heterocycles. The normalized spacial score (nSPS) is 9.45. The summed E-state index contributed by atoms with van der Waals surface area (Å²) in [7, 11) is 0. The Morgan fingerprint density at radius 1 is 1.55 bits per heavy atom. The zero-order valence-electron chi connectivity index (χ0n) is 5.13. The van der Waals surface area contributed by atoms with Crippen LogP contribution >= 0.6 is 0 Å². The van der Waals surface area contributed by atoms with Gasteiger partial charge in [-0.15, -0.1) is 10.2 Å². The lowest BCUT2D eigenvalue weighted by molar-refractivity contribution is 0.0990. The highest BCUT2D eigenvalue weighted by Crippen LogP contribution is 1.82. The summed E-state index contributed by atoms with van der Waals surface area (Å²) in [6, 6.07) is 0. The first-order valence-electron chi connectivity index (χ1n) is 2.44. The van der Waals surface area contributed by atoms with Gasteiger partial charge in [0.25, 0.3) is 11.7 Å². The van der Waals surface area contributed by atoms with Crippen LogP contribution in [0.15, 0.2) is 0 Å². The maximum atomic E-state index is 10.3. The molecule has 8 nitrogen and oxygen atoms in total. The Morgan fingerprint density at radius 3 is 2.45 bits per heavy atom. The first-order chi connectivity index (χ1) is 5.11. The van der Waals surface area contributed by atoms with Crippen molar-refractivity contribution in [2.75, 3.05) is 0 Å². The Kier molecular flexibility index (Phi) is 1.51. The summed E-state index contributed by atoms with van der Waals surface area (Å²) in [5.41, 5.74) is 4.72. The molecule has 0 aliphatic carbocycles. The molecule has 11 heavy (non-hydrogen) atoms. The summed E-state index contributed by atoms with van der Waals surface area (Å²) in [5, 5.41) is 17.4. The molecular weight excluding hydrogens is 154 g/mol. The number of aromatic nitrogens is 4. The predicted molar refractivity (Wildman–Crippen MR) is 29.8 cm³/mol. The summed E-state index contributed by atoms with van der Waals surface area (Å²) >= 11 is 0. The van der Waals surface area contributed by atoms with Crippen molar-refractivity contribution in [2.24, 2.45) is 5.73 Å². The third-order valence-electron chi connectivity index (χ3n) is 0.805. The number of hydrogen-bond acceptors (Lipinski definition) is 5. The van der Waals surface area contributed by atoms with E-state index in [9.17, 15) is 9.59 Å². The van der Waals surface area contributed by atoms with Crippen molar-refractivity contribution in [2.45, 2.75) is 0 Å². The quantitative estimate of drug-likeness (QED) is 0.500. The predicted octanol–water partition coefficient (Wildman–Crippen LogP) is -1.70. The van der Waals surface area contributed by atoms with Gasteiger partial charge in [-0.1, -0.05) is 4.80 Å². The number of rotatable bonds is 1. The van der Waals surface area contributed by atoms with Crippen molar-refractivity contribution in [3.8, 4) is 0 Å². The Hall–Kier alpha value is -1.99. The van der Waals surface area contributed by atoms with E-state index in [0.717, 1.165) is 0 Å². The second-order valence-corrected chi connectivity index (χ2v) is 1.55. The number of hydrogen-bond donors (Lipinski definition) is 2. The number of carbonyl (C=O) groups excluding carboxylic acids is 1. The maximum absolute atomic E-state index is 10.3. The summed E-state index contributed by atoms with van der Waals surface area (Å²) in [5.74, 6) is -1.34. The molecule has 0 unspecified atom stereocenters. The van der Waals surface area contributed by atoms with Crippen molar-refractivity contribution >= 4 is 12.0 Å². The highest BCUT2D eigenvalue weighted by Gasteiger charge is 2.11. The van der Waals surface area contributed by atoms with Gasteiger partial charge in [-0.3, -0.25) is 4.79 Å². The number of carboxylic acid groups (broad SMARTS) is 1. The summed E-state index contributed by atoms with van der Waals surface area (Å²) in [6.45, 7) is 0. The van der Waals surface area contributed by atoms with E-state index >= 15 is 0 Å². The molecule has 0 aromatic carbocycles. The van der Waals surface area contributed by atoms with Gasteiger partial charge in [0.2, 0.25) is 0 Å². The van der Waals surface area contributed by atoms with Crippen LogP contribution in [0.3, 0.4) is 0 Å². The van der Waals surface area contributed by atoms with Crippen molar-refractivity contribution in [1.82, 2.24) is 20.2 Å². The van der Waals surface area contributed by atoms with Crippen molar-refractivity contribution in [1.29, 1.82) is 0 Å². The maximum Gasteiger partial charge on any atom is 0.451 e. The standard InChI is InChI=1S/C3H3N5O3/c4-1(9)2-5-7-8(6-2)3(10)11/h(H2,4,9)(H,10,11). The largest absolute Gasteiger partial charge is 0.462 e. The first kappa shape index (κ1) is 7.12. The molecular formula is C3H3N5O3. The number of amides is 1. The van der Waals surface area contributed by atoms with Gasteiger partial charge in [0, 0.05) is 0 Å². The second-order valence-electron chi connectivity index (χ2n) is 1.55. The van der Waals surface area contributed by atoms with E-state index in [0.29, 0.717) is 0 Å². The van der Waals surface area contributed by atoms with Gasteiger partial charge < -0.3 is 10.8 Å². The molecule has 0 aliphatic rings. The van der Waals surface area contributed by atoms with Crippen molar-refractivity contribution in [3.63, 3.8) is 0 Å². The molecule has 1 heterocycles. The van der Waals surface area contributed by atoms with Crippen LogP contribution in [0.5, 0.6) is 0 Å². The van der Waals surface area contributed by atoms with Crippen LogP contribution < -0.4 is 5.73 Å². The second kappa shape index (κ2) is 2.33. The van der Waals surface area contributed by atoms with Crippen LogP contribution in [-0.4, -0.2) is 37.3 Å². The van der Waals surface area contributed by atoms with Gasteiger partial charge in [-0.2, -0.15) is 0 Å². The Labute approximate surface area is 59.6 Å². The molecule has 0 radical (unpaired) electrons. The van der Waals surface area contributed by atoms with Gasteiger partial charge in [-0.25, -0.2) is 4.79 Å². The Bertz CT molecular complexity index is 275. The molecule has 0 spiro atoms. The number of tetrazole rings is 1. The summed E-state index contributed by atoms with van der Waals surface area (Å²) in [4.78, 5) is 20.6. The lowest BCUT2D eigenvalue weighted by Crippen LogP contribution is -2.15. The number of nitrogens with two attached hydrogens (primary N) is 1. The van der Waals surface area contributed by atoms with Gasteiger partial charge in [-0.05, 0) is 5.21 Å². The highest BCUT2D eigenvalue weighted by molar-refractivity contribution is 5.88. The van der Waals surface area contributed by atoms with Crippen LogP contribution in [-0.2, 0) is 0 Å². The fourth-order valence-corrected chi connectivity index (χ4v) is 0.394. The van der Waals surface area contributed by atoms with E-state index in [4.69, 9.17) is 10.8 Å². The molecule has 0 fully saturated rings. The summed E-state index contributed by atoms with van der Waals surface area (Å²) < 4.78 is 0. The van der Waals surface area contributed by atoms with Gasteiger partial charge in [0.05, 0.1) is 0 Å². The molecule has 0 saturated carbocycles. The topological polar surface area (TPSA) is 124 Å². The molecule has 1 aromatic rings. The van der Waals surface area contributed by atoms with Crippen LogP contribution in [0.25, 0.3) is 0 Å². The molecule has 0 atom stereocenters. The minimum Gasteiger partial charge on any atom is -0.462 e. The SMILES string of the molecule is NC(=O)c1nnn(C(=O)O)n1. The van der Waals surface area contributed by atoms with E-state index in [1.54, 1.807) is 0 Å². The molecule has 1 aromatic heterocycles. The fourth-order valence-electron chi connectivity index (χ4n) is 0.394. The van der Waals surface area contributed by atoms with E-state index in [-0.39, 0.29) is 4.80 Å². The highest BCUT2D eigenvalue weighted by atomic mass is 16.4. The van der Waals surface area contributed by atoms with E-state index in [1.807, 2.05) is 0 Å². The minimum absolute atomic E-state index is 0.250. The van der Waals surface area contributed by atoms with Crippen LogP contribution in [0, 0.1) is 0 Å². The Balaban J connectivity index is 2.99. The fraction of sp³-hybridized carbons (Fsp3) is 0. The molecule has 8 heteroatoms. The molecule has 0 bridgehead atoms. The van der Waals surface area contributed by atoms with Crippen molar-refractivity contribution < 1.29 is 14.7 Å².